The minimum absolute atomic E-state index is 0.164. The van der Waals surface area contributed by atoms with Crippen molar-refractivity contribution < 1.29 is 9.53 Å². The maximum absolute atomic E-state index is 12.8. The Bertz CT molecular complexity index is 1160. The first kappa shape index (κ1) is 21.6. The molecule has 0 atom stereocenters. The van der Waals surface area contributed by atoms with Crippen LogP contribution in [0, 0.1) is 0 Å². The van der Waals surface area contributed by atoms with Crippen LogP contribution < -0.4 is 10.1 Å². The molecule has 0 radical (unpaired) electrons. The Labute approximate surface area is 188 Å². The van der Waals surface area contributed by atoms with Crippen molar-refractivity contribution in [3.63, 3.8) is 0 Å². The summed E-state index contributed by atoms with van der Waals surface area (Å²) in [5.41, 5.74) is 4.22. The summed E-state index contributed by atoms with van der Waals surface area (Å²) in [6, 6.07) is 21.1. The highest BCUT2D eigenvalue weighted by Gasteiger charge is 2.09. The Morgan fingerprint density at radius 3 is 2.69 bits per heavy atom. The van der Waals surface area contributed by atoms with Gasteiger partial charge >= 0.3 is 0 Å². The van der Waals surface area contributed by atoms with Crippen LogP contribution in [-0.4, -0.2) is 33.3 Å². The van der Waals surface area contributed by atoms with Crippen molar-refractivity contribution in [2.45, 2.75) is 27.0 Å². The van der Waals surface area contributed by atoms with Crippen LogP contribution in [0.15, 0.2) is 79.1 Å². The minimum Gasteiger partial charge on any atom is -0.487 e. The van der Waals surface area contributed by atoms with Crippen molar-refractivity contribution in [2.24, 2.45) is 0 Å². The molecule has 2 heterocycles. The number of carbonyl (C=O) groups is 1. The zero-order chi connectivity index (χ0) is 22.3. The molecule has 1 N–H and O–H groups in total. The second-order valence-electron chi connectivity index (χ2n) is 7.63. The lowest BCUT2D eigenvalue weighted by Gasteiger charge is -2.18. The lowest BCUT2D eigenvalue weighted by molar-refractivity contribution is 0.102. The molecule has 0 aliphatic heterocycles. The van der Waals surface area contributed by atoms with Crippen LogP contribution in [0.5, 0.6) is 5.75 Å². The Morgan fingerprint density at radius 1 is 1.03 bits per heavy atom. The Kier molecular flexibility index (Phi) is 6.82. The standard InChI is InChI=1S/C26H28N4O2/c1-3-29(4-2)17-20-9-7-11-22(15-20)28-26(31)21-10-8-12-24(16-21)32-19-23-18-30-14-6-5-13-25(30)27-23/h5-16,18H,3-4,17,19H2,1-2H3,(H,28,31). The summed E-state index contributed by atoms with van der Waals surface area (Å²) in [5, 5.41) is 3.00. The molecule has 0 aliphatic carbocycles. The number of aromatic nitrogens is 2. The van der Waals surface area contributed by atoms with E-state index in [9.17, 15) is 4.79 Å². The molecule has 6 nitrogen and oxygen atoms in total. The van der Waals surface area contributed by atoms with Crippen LogP contribution in [-0.2, 0) is 13.2 Å². The normalized spacial score (nSPS) is 11.1. The maximum atomic E-state index is 12.8. The highest BCUT2D eigenvalue weighted by Crippen LogP contribution is 2.18. The number of amides is 1. The molecule has 0 aliphatic rings. The third-order valence-corrected chi connectivity index (χ3v) is 5.38. The molecule has 0 bridgehead atoms. The number of fused-ring (bicyclic) bond motifs is 1. The fourth-order valence-electron chi connectivity index (χ4n) is 3.60. The molecule has 1 amide bonds. The fourth-order valence-corrected chi connectivity index (χ4v) is 3.60. The maximum Gasteiger partial charge on any atom is 0.255 e. The first-order valence-electron chi connectivity index (χ1n) is 10.9. The molecule has 0 saturated heterocycles. The van der Waals surface area contributed by atoms with Crippen LogP contribution in [0.4, 0.5) is 5.69 Å². The molecule has 4 aromatic rings. The molecule has 6 heteroatoms. The molecule has 0 spiro atoms. The minimum atomic E-state index is -0.164. The summed E-state index contributed by atoms with van der Waals surface area (Å²) in [6.45, 7) is 7.49. The van der Waals surface area contributed by atoms with Crippen molar-refractivity contribution >= 4 is 17.2 Å². The number of hydrogen-bond donors (Lipinski definition) is 1. The quantitative estimate of drug-likeness (QED) is 0.407. The largest absolute Gasteiger partial charge is 0.487 e. The summed E-state index contributed by atoms with van der Waals surface area (Å²) >= 11 is 0. The molecular weight excluding hydrogens is 400 g/mol. The van der Waals surface area contributed by atoms with Crippen molar-refractivity contribution in [3.05, 3.63) is 95.9 Å². The van der Waals surface area contributed by atoms with E-state index in [4.69, 9.17) is 4.74 Å². The molecule has 164 valence electrons. The van der Waals surface area contributed by atoms with Gasteiger partial charge in [-0.05, 0) is 61.1 Å². The molecule has 0 unspecified atom stereocenters. The van der Waals surface area contributed by atoms with Gasteiger partial charge in [0.15, 0.2) is 0 Å². The van der Waals surface area contributed by atoms with Crippen molar-refractivity contribution in [1.82, 2.24) is 14.3 Å². The summed E-state index contributed by atoms with van der Waals surface area (Å²) in [7, 11) is 0. The van der Waals surface area contributed by atoms with E-state index in [0.717, 1.165) is 36.7 Å². The smallest absolute Gasteiger partial charge is 0.255 e. The van der Waals surface area contributed by atoms with Crippen molar-refractivity contribution in [1.29, 1.82) is 0 Å². The molecule has 4 rings (SSSR count). The highest BCUT2D eigenvalue weighted by molar-refractivity contribution is 6.04. The number of rotatable bonds is 9. The van der Waals surface area contributed by atoms with Crippen molar-refractivity contribution in [3.8, 4) is 5.75 Å². The van der Waals surface area contributed by atoms with Gasteiger partial charge in [0.05, 0.1) is 5.69 Å². The fraction of sp³-hybridized carbons (Fsp3) is 0.231. The zero-order valence-electron chi connectivity index (χ0n) is 18.5. The summed E-state index contributed by atoms with van der Waals surface area (Å²) in [6.07, 6.45) is 3.89. The predicted molar refractivity (Wildman–Crippen MR) is 127 cm³/mol. The van der Waals surface area contributed by atoms with Gasteiger partial charge in [-0.2, -0.15) is 0 Å². The molecule has 32 heavy (non-hydrogen) atoms. The average Bonchev–Trinajstić information content (AvgIpc) is 3.25. The van der Waals surface area contributed by atoms with E-state index >= 15 is 0 Å². The third-order valence-electron chi connectivity index (χ3n) is 5.38. The summed E-state index contributed by atoms with van der Waals surface area (Å²) in [5.74, 6) is 0.466. The first-order valence-corrected chi connectivity index (χ1v) is 10.9. The van der Waals surface area contributed by atoms with Crippen LogP contribution in [0.25, 0.3) is 5.65 Å². The van der Waals surface area contributed by atoms with Gasteiger partial charge in [0.2, 0.25) is 0 Å². The second-order valence-corrected chi connectivity index (χ2v) is 7.63. The number of anilines is 1. The van der Waals surface area contributed by atoms with Gasteiger partial charge in [0, 0.05) is 30.2 Å². The molecular formula is C26H28N4O2. The summed E-state index contributed by atoms with van der Waals surface area (Å²) in [4.78, 5) is 19.7. The van der Waals surface area contributed by atoms with Gasteiger partial charge in [0.1, 0.15) is 18.0 Å². The number of pyridine rings is 1. The molecule has 2 aromatic carbocycles. The van der Waals surface area contributed by atoms with Gasteiger partial charge in [0.25, 0.3) is 5.91 Å². The highest BCUT2D eigenvalue weighted by atomic mass is 16.5. The third kappa shape index (κ3) is 5.34. The number of nitrogens with one attached hydrogen (secondary N) is 1. The van der Waals surface area contributed by atoms with E-state index in [-0.39, 0.29) is 5.91 Å². The Morgan fingerprint density at radius 2 is 1.88 bits per heavy atom. The number of benzene rings is 2. The SMILES string of the molecule is CCN(CC)Cc1cccc(NC(=O)c2cccc(OCc3cn4ccccc4n3)c2)c1. The van der Waals surface area contributed by atoms with E-state index in [1.54, 1.807) is 12.1 Å². The van der Waals surface area contributed by atoms with E-state index in [1.807, 2.05) is 65.3 Å². The predicted octanol–water partition coefficient (Wildman–Crippen LogP) is 5.01. The second kappa shape index (κ2) is 10.1. The lowest BCUT2D eigenvalue weighted by Crippen LogP contribution is -2.22. The van der Waals surface area contributed by atoms with Gasteiger partial charge < -0.3 is 14.5 Å². The van der Waals surface area contributed by atoms with Gasteiger partial charge in [-0.25, -0.2) is 4.98 Å². The van der Waals surface area contributed by atoms with Gasteiger partial charge in [-0.3, -0.25) is 9.69 Å². The topological polar surface area (TPSA) is 58.9 Å². The number of imidazole rings is 1. The van der Waals surface area contributed by atoms with Gasteiger partial charge in [-0.1, -0.05) is 38.1 Å². The number of hydrogen-bond acceptors (Lipinski definition) is 4. The number of nitrogens with zero attached hydrogens (tertiary/aromatic N) is 3. The van der Waals surface area contributed by atoms with E-state index < -0.39 is 0 Å². The van der Waals surface area contributed by atoms with Crippen molar-refractivity contribution in [2.75, 3.05) is 18.4 Å². The van der Waals surface area contributed by atoms with Crippen LogP contribution in [0.3, 0.4) is 0 Å². The number of ether oxygens (including phenoxy) is 1. The molecule has 0 saturated carbocycles. The van der Waals surface area contributed by atoms with E-state index in [1.165, 1.54) is 5.56 Å². The van der Waals surface area contributed by atoms with E-state index in [0.29, 0.717) is 17.9 Å². The zero-order valence-corrected chi connectivity index (χ0v) is 18.5. The lowest BCUT2D eigenvalue weighted by atomic mass is 10.1. The Hall–Kier alpha value is -3.64. The monoisotopic (exact) mass is 428 g/mol. The van der Waals surface area contributed by atoms with Gasteiger partial charge in [-0.15, -0.1) is 0 Å². The molecule has 2 aromatic heterocycles. The number of carbonyl (C=O) groups excluding carboxylic acids is 1. The average molecular weight is 429 g/mol. The van der Waals surface area contributed by atoms with Crippen LogP contribution in [0.2, 0.25) is 0 Å². The van der Waals surface area contributed by atoms with Crippen LogP contribution >= 0.6 is 0 Å². The first-order chi connectivity index (χ1) is 15.6. The van der Waals surface area contributed by atoms with E-state index in [2.05, 4.69) is 35.1 Å². The summed E-state index contributed by atoms with van der Waals surface area (Å²) < 4.78 is 7.84. The Balaban J connectivity index is 1.40. The van der Waals surface area contributed by atoms with Crippen LogP contribution in [0.1, 0.15) is 35.5 Å². The molecule has 0 fully saturated rings.